The van der Waals surface area contributed by atoms with Gasteiger partial charge in [0.1, 0.15) is 6.07 Å². The molecule has 0 saturated heterocycles. The molecular formula is C9H6N4O2. The van der Waals surface area contributed by atoms with E-state index in [4.69, 9.17) is 11.0 Å². The number of hydrogen-bond acceptors (Lipinski definition) is 4. The fourth-order valence-corrected chi connectivity index (χ4v) is 1.29. The maximum absolute atomic E-state index is 10.6. The van der Waals surface area contributed by atoms with Crippen molar-refractivity contribution in [2.24, 2.45) is 5.73 Å². The van der Waals surface area contributed by atoms with Gasteiger partial charge >= 0.3 is 6.09 Å². The number of pyridine rings is 1. The second kappa shape index (κ2) is 3.31. The number of fused-ring (bicyclic) bond motifs is 1. The molecule has 2 aromatic heterocycles. The number of rotatable bonds is 1. The van der Waals surface area contributed by atoms with Crippen molar-refractivity contribution in [2.45, 2.75) is 0 Å². The molecule has 6 heteroatoms. The van der Waals surface area contributed by atoms with E-state index in [1.165, 1.54) is 6.20 Å². The zero-order valence-electron chi connectivity index (χ0n) is 7.52. The molecule has 0 aromatic carbocycles. The van der Waals surface area contributed by atoms with Crippen LogP contribution in [0.25, 0.3) is 10.9 Å². The zero-order valence-corrected chi connectivity index (χ0v) is 7.52. The Hall–Kier alpha value is -2.55. The second-order valence-electron chi connectivity index (χ2n) is 2.78. The fourth-order valence-electron chi connectivity index (χ4n) is 1.29. The van der Waals surface area contributed by atoms with Crippen LogP contribution in [0.2, 0.25) is 0 Å². The molecule has 0 aliphatic rings. The molecular weight excluding hydrogens is 196 g/mol. The van der Waals surface area contributed by atoms with E-state index in [0.717, 1.165) is 0 Å². The maximum Gasteiger partial charge on any atom is 0.411 e. The van der Waals surface area contributed by atoms with Gasteiger partial charge in [0.2, 0.25) is 5.88 Å². The number of nitriles is 1. The number of carbonyl (C=O) groups excluding carboxylic acids is 1. The Morgan fingerprint density at radius 1 is 1.67 bits per heavy atom. The average Bonchev–Trinajstić information content (AvgIpc) is 2.66. The number of ether oxygens (including phenoxy) is 1. The molecule has 15 heavy (non-hydrogen) atoms. The van der Waals surface area contributed by atoms with E-state index < -0.39 is 6.09 Å². The Kier molecular flexibility index (Phi) is 1.99. The molecule has 0 fully saturated rings. The average molecular weight is 202 g/mol. The van der Waals surface area contributed by atoms with Gasteiger partial charge in [-0.15, -0.1) is 0 Å². The molecule has 74 valence electrons. The number of nitrogens with one attached hydrogen (secondary N) is 1. The van der Waals surface area contributed by atoms with Gasteiger partial charge in [-0.1, -0.05) is 0 Å². The van der Waals surface area contributed by atoms with Crippen LogP contribution in [0.15, 0.2) is 18.5 Å². The van der Waals surface area contributed by atoms with Gasteiger partial charge in [-0.2, -0.15) is 5.26 Å². The molecule has 0 spiro atoms. The van der Waals surface area contributed by atoms with Gasteiger partial charge in [0.25, 0.3) is 0 Å². The number of amides is 1. The van der Waals surface area contributed by atoms with Gasteiger partial charge in [0, 0.05) is 6.20 Å². The summed E-state index contributed by atoms with van der Waals surface area (Å²) in [7, 11) is 0. The van der Waals surface area contributed by atoms with Crippen LogP contribution in [0, 0.1) is 11.3 Å². The molecule has 0 unspecified atom stereocenters. The summed E-state index contributed by atoms with van der Waals surface area (Å²) in [6.07, 6.45) is 2.01. The highest BCUT2D eigenvalue weighted by Gasteiger charge is 2.10. The fraction of sp³-hybridized carbons (Fsp3) is 0. The molecule has 3 N–H and O–H groups in total. The number of nitrogens with two attached hydrogens (primary N) is 1. The van der Waals surface area contributed by atoms with Crippen LogP contribution in [0.1, 0.15) is 5.56 Å². The quantitative estimate of drug-likeness (QED) is 0.716. The predicted molar refractivity (Wildman–Crippen MR) is 51.0 cm³/mol. The van der Waals surface area contributed by atoms with E-state index in [0.29, 0.717) is 16.5 Å². The standard InChI is InChI=1S/C9H6N4O2/c10-3-5-4-13-8(15-9(11)14)6-1-2-12-7(5)6/h1-2,4,12H,(H2,11,14). The summed E-state index contributed by atoms with van der Waals surface area (Å²) < 4.78 is 4.68. The largest absolute Gasteiger partial charge is 0.411 e. The number of nitrogens with zero attached hydrogens (tertiary/aromatic N) is 2. The summed E-state index contributed by atoms with van der Waals surface area (Å²) in [5, 5.41) is 9.33. The third-order valence-electron chi connectivity index (χ3n) is 1.88. The summed E-state index contributed by atoms with van der Waals surface area (Å²) in [5.74, 6) is 0.0951. The molecule has 0 aliphatic carbocycles. The second-order valence-corrected chi connectivity index (χ2v) is 2.78. The van der Waals surface area contributed by atoms with Gasteiger partial charge in [-0.25, -0.2) is 9.78 Å². The van der Waals surface area contributed by atoms with Crippen molar-refractivity contribution >= 4 is 17.0 Å². The van der Waals surface area contributed by atoms with Crippen molar-refractivity contribution in [1.29, 1.82) is 5.26 Å². The van der Waals surface area contributed by atoms with Gasteiger partial charge in [-0.3, -0.25) is 0 Å². The minimum Gasteiger partial charge on any atom is -0.391 e. The van der Waals surface area contributed by atoms with Crippen molar-refractivity contribution in [1.82, 2.24) is 9.97 Å². The zero-order chi connectivity index (χ0) is 10.8. The van der Waals surface area contributed by atoms with Crippen LogP contribution in [0.3, 0.4) is 0 Å². The van der Waals surface area contributed by atoms with Crippen LogP contribution < -0.4 is 10.5 Å². The van der Waals surface area contributed by atoms with E-state index in [1.54, 1.807) is 12.3 Å². The minimum absolute atomic E-state index is 0.0951. The van der Waals surface area contributed by atoms with Gasteiger partial charge < -0.3 is 15.5 Å². The Labute approximate surface area is 84.3 Å². The molecule has 2 heterocycles. The molecule has 0 aliphatic heterocycles. The van der Waals surface area contributed by atoms with E-state index in [-0.39, 0.29) is 5.88 Å². The van der Waals surface area contributed by atoms with Crippen molar-refractivity contribution in [2.75, 3.05) is 0 Å². The van der Waals surface area contributed by atoms with E-state index in [1.807, 2.05) is 6.07 Å². The first-order chi connectivity index (χ1) is 7.22. The minimum atomic E-state index is -0.935. The van der Waals surface area contributed by atoms with Gasteiger partial charge in [0.05, 0.1) is 22.7 Å². The van der Waals surface area contributed by atoms with E-state index in [2.05, 4.69) is 14.7 Å². The summed E-state index contributed by atoms with van der Waals surface area (Å²) in [4.78, 5) is 17.3. The lowest BCUT2D eigenvalue weighted by atomic mass is 10.2. The Bertz CT molecular complexity index is 567. The number of aromatic amines is 1. The highest BCUT2D eigenvalue weighted by atomic mass is 16.6. The molecule has 6 nitrogen and oxygen atoms in total. The molecule has 0 bridgehead atoms. The first kappa shape index (κ1) is 9.02. The third-order valence-corrected chi connectivity index (χ3v) is 1.88. The molecule has 2 aromatic rings. The Morgan fingerprint density at radius 3 is 3.13 bits per heavy atom. The van der Waals surface area contributed by atoms with Crippen molar-refractivity contribution < 1.29 is 9.53 Å². The van der Waals surface area contributed by atoms with Gasteiger partial charge in [-0.05, 0) is 6.07 Å². The molecule has 0 radical (unpaired) electrons. The van der Waals surface area contributed by atoms with Gasteiger partial charge in [0.15, 0.2) is 0 Å². The first-order valence-electron chi connectivity index (χ1n) is 4.06. The lowest BCUT2D eigenvalue weighted by Crippen LogP contribution is -2.17. The lowest BCUT2D eigenvalue weighted by Gasteiger charge is -2.01. The summed E-state index contributed by atoms with van der Waals surface area (Å²) in [6, 6.07) is 3.63. The third kappa shape index (κ3) is 1.46. The Morgan fingerprint density at radius 2 is 2.47 bits per heavy atom. The Balaban J connectivity index is 2.64. The van der Waals surface area contributed by atoms with E-state index in [9.17, 15) is 4.79 Å². The van der Waals surface area contributed by atoms with Crippen molar-refractivity contribution in [3.63, 3.8) is 0 Å². The molecule has 0 atom stereocenters. The highest BCUT2D eigenvalue weighted by Crippen LogP contribution is 2.24. The highest BCUT2D eigenvalue weighted by molar-refractivity contribution is 5.89. The van der Waals surface area contributed by atoms with Crippen LogP contribution in [0.4, 0.5) is 4.79 Å². The number of primary amides is 1. The van der Waals surface area contributed by atoms with Crippen LogP contribution in [0.5, 0.6) is 5.88 Å². The van der Waals surface area contributed by atoms with E-state index >= 15 is 0 Å². The monoisotopic (exact) mass is 202 g/mol. The SMILES string of the molecule is N#Cc1cnc(OC(N)=O)c2cc[nH]c12. The van der Waals surface area contributed by atoms with Crippen LogP contribution >= 0.6 is 0 Å². The first-order valence-corrected chi connectivity index (χ1v) is 4.06. The number of hydrogen-bond donors (Lipinski definition) is 2. The predicted octanol–water partition coefficient (Wildman–Crippen LogP) is 0.892. The number of aromatic nitrogens is 2. The van der Waals surface area contributed by atoms with Crippen LogP contribution in [-0.2, 0) is 0 Å². The summed E-state index contributed by atoms with van der Waals surface area (Å²) in [5.41, 5.74) is 5.83. The van der Waals surface area contributed by atoms with Crippen molar-refractivity contribution in [3.05, 3.63) is 24.0 Å². The number of carbonyl (C=O) groups is 1. The molecule has 2 rings (SSSR count). The maximum atomic E-state index is 10.6. The lowest BCUT2D eigenvalue weighted by molar-refractivity contribution is 0.209. The number of H-pyrrole nitrogens is 1. The normalized spacial score (nSPS) is 9.80. The van der Waals surface area contributed by atoms with Crippen molar-refractivity contribution in [3.8, 4) is 11.9 Å². The molecule has 0 saturated carbocycles. The summed E-state index contributed by atoms with van der Waals surface area (Å²) >= 11 is 0. The molecule has 1 amide bonds. The van der Waals surface area contributed by atoms with Crippen LogP contribution in [-0.4, -0.2) is 16.1 Å². The summed E-state index contributed by atoms with van der Waals surface area (Å²) in [6.45, 7) is 0. The topological polar surface area (TPSA) is 105 Å². The smallest absolute Gasteiger partial charge is 0.391 e.